The highest BCUT2D eigenvalue weighted by molar-refractivity contribution is 5.75. The van der Waals surface area contributed by atoms with Crippen molar-refractivity contribution in [3.8, 4) is 5.75 Å². The Balaban J connectivity index is 1.60. The zero-order valence-electron chi connectivity index (χ0n) is 13.8. The fourth-order valence-corrected chi connectivity index (χ4v) is 2.35. The maximum absolute atomic E-state index is 11.8. The lowest BCUT2D eigenvalue weighted by molar-refractivity contribution is -0.121. The SMILES string of the molecule is CCCc1ccc(OCCCC(=O)NCc2ccccc2)cc1. The van der Waals surface area contributed by atoms with Crippen LogP contribution in [0.3, 0.4) is 0 Å². The quantitative estimate of drug-likeness (QED) is 0.708. The molecule has 0 unspecified atom stereocenters. The molecule has 0 heterocycles. The minimum atomic E-state index is 0.0655. The molecule has 0 saturated heterocycles. The second kappa shape index (κ2) is 9.67. The number of amides is 1. The maximum atomic E-state index is 11.8. The van der Waals surface area contributed by atoms with E-state index in [1.165, 1.54) is 5.56 Å². The molecular formula is C20H25NO2. The third-order valence-electron chi connectivity index (χ3n) is 3.61. The third kappa shape index (κ3) is 6.55. The first kappa shape index (κ1) is 17.1. The zero-order chi connectivity index (χ0) is 16.3. The molecule has 0 atom stereocenters. The number of carbonyl (C=O) groups excluding carboxylic acids is 1. The largest absolute Gasteiger partial charge is 0.494 e. The predicted octanol–water partition coefficient (Wildman–Crippen LogP) is 4.11. The van der Waals surface area contributed by atoms with E-state index in [1.807, 2.05) is 42.5 Å². The van der Waals surface area contributed by atoms with Crippen LogP contribution in [0.25, 0.3) is 0 Å². The van der Waals surface area contributed by atoms with Crippen LogP contribution in [0.15, 0.2) is 54.6 Å². The van der Waals surface area contributed by atoms with Gasteiger partial charge in [-0.2, -0.15) is 0 Å². The van der Waals surface area contributed by atoms with Crippen LogP contribution in [0, 0.1) is 0 Å². The Morgan fingerprint density at radius 1 is 1.00 bits per heavy atom. The molecule has 0 radical (unpaired) electrons. The molecule has 0 fully saturated rings. The van der Waals surface area contributed by atoms with Gasteiger partial charge >= 0.3 is 0 Å². The molecule has 3 heteroatoms. The van der Waals surface area contributed by atoms with E-state index in [2.05, 4.69) is 24.4 Å². The van der Waals surface area contributed by atoms with Crippen molar-refractivity contribution in [2.24, 2.45) is 0 Å². The summed E-state index contributed by atoms with van der Waals surface area (Å²) in [5, 5.41) is 2.92. The minimum absolute atomic E-state index is 0.0655. The Kier molecular flexibility index (Phi) is 7.18. The second-order valence-electron chi connectivity index (χ2n) is 5.61. The van der Waals surface area contributed by atoms with Crippen molar-refractivity contribution >= 4 is 5.91 Å². The number of nitrogens with one attached hydrogen (secondary N) is 1. The first-order valence-corrected chi connectivity index (χ1v) is 8.30. The highest BCUT2D eigenvalue weighted by Crippen LogP contribution is 2.13. The van der Waals surface area contributed by atoms with Crippen LogP contribution in [0.1, 0.15) is 37.3 Å². The van der Waals surface area contributed by atoms with Crippen LogP contribution in [-0.4, -0.2) is 12.5 Å². The molecule has 1 N–H and O–H groups in total. The Morgan fingerprint density at radius 2 is 1.74 bits per heavy atom. The van der Waals surface area contributed by atoms with Crippen LogP contribution < -0.4 is 10.1 Å². The van der Waals surface area contributed by atoms with Crippen molar-refractivity contribution in [3.05, 3.63) is 65.7 Å². The summed E-state index contributed by atoms with van der Waals surface area (Å²) in [4.78, 5) is 11.8. The number of hydrogen-bond acceptors (Lipinski definition) is 2. The van der Waals surface area contributed by atoms with Gasteiger partial charge in [-0.1, -0.05) is 55.8 Å². The Labute approximate surface area is 138 Å². The lowest BCUT2D eigenvalue weighted by atomic mass is 10.1. The highest BCUT2D eigenvalue weighted by atomic mass is 16.5. The average Bonchev–Trinajstić information content (AvgIpc) is 2.59. The summed E-state index contributed by atoms with van der Waals surface area (Å²) in [6, 6.07) is 18.1. The maximum Gasteiger partial charge on any atom is 0.220 e. The van der Waals surface area contributed by atoms with E-state index in [4.69, 9.17) is 4.74 Å². The van der Waals surface area contributed by atoms with E-state index in [1.54, 1.807) is 0 Å². The first-order chi connectivity index (χ1) is 11.3. The number of rotatable bonds is 9. The molecule has 3 nitrogen and oxygen atoms in total. The summed E-state index contributed by atoms with van der Waals surface area (Å²) in [5.74, 6) is 0.935. The van der Waals surface area contributed by atoms with E-state index >= 15 is 0 Å². The monoisotopic (exact) mass is 311 g/mol. The summed E-state index contributed by atoms with van der Waals surface area (Å²) in [6.07, 6.45) is 3.46. The van der Waals surface area contributed by atoms with Gasteiger partial charge in [0.05, 0.1) is 6.61 Å². The van der Waals surface area contributed by atoms with Crippen molar-refractivity contribution < 1.29 is 9.53 Å². The number of hydrogen-bond donors (Lipinski definition) is 1. The van der Waals surface area contributed by atoms with Crippen LogP contribution in [0.4, 0.5) is 0 Å². The van der Waals surface area contributed by atoms with E-state index < -0.39 is 0 Å². The molecule has 0 bridgehead atoms. The lowest BCUT2D eigenvalue weighted by Gasteiger charge is -2.08. The van der Waals surface area contributed by atoms with Gasteiger partial charge in [-0.15, -0.1) is 0 Å². The van der Waals surface area contributed by atoms with Crippen molar-refractivity contribution in [2.75, 3.05) is 6.61 Å². The summed E-state index contributed by atoms with van der Waals surface area (Å²) in [7, 11) is 0. The van der Waals surface area contributed by atoms with E-state index in [0.717, 1.165) is 30.6 Å². The van der Waals surface area contributed by atoms with Crippen LogP contribution in [-0.2, 0) is 17.8 Å². The fraction of sp³-hybridized carbons (Fsp3) is 0.350. The molecule has 2 rings (SSSR count). The molecular weight excluding hydrogens is 286 g/mol. The van der Waals surface area contributed by atoms with Crippen LogP contribution in [0.2, 0.25) is 0 Å². The number of aryl methyl sites for hydroxylation is 1. The van der Waals surface area contributed by atoms with Gasteiger partial charge in [0.2, 0.25) is 5.91 Å². The lowest BCUT2D eigenvalue weighted by Crippen LogP contribution is -2.22. The number of ether oxygens (including phenoxy) is 1. The Hall–Kier alpha value is -2.29. The van der Waals surface area contributed by atoms with E-state index in [9.17, 15) is 4.79 Å². The number of benzene rings is 2. The fourth-order valence-electron chi connectivity index (χ4n) is 2.35. The summed E-state index contributed by atoms with van der Waals surface area (Å²) < 4.78 is 5.67. The second-order valence-corrected chi connectivity index (χ2v) is 5.61. The van der Waals surface area contributed by atoms with Gasteiger partial charge in [0, 0.05) is 13.0 Å². The third-order valence-corrected chi connectivity index (χ3v) is 3.61. The van der Waals surface area contributed by atoms with Crippen molar-refractivity contribution in [2.45, 2.75) is 39.2 Å². The Morgan fingerprint density at radius 3 is 2.43 bits per heavy atom. The van der Waals surface area contributed by atoms with E-state index in [0.29, 0.717) is 19.6 Å². The van der Waals surface area contributed by atoms with Crippen LogP contribution >= 0.6 is 0 Å². The van der Waals surface area contributed by atoms with Gasteiger partial charge in [0.1, 0.15) is 5.75 Å². The van der Waals surface area contributed by atoms with E-state index in [-0.39, 0.29) is 5.91 Å². The molecule has 0 aliphatic carbocycles. The predicted molar refractivity (Wildman–Crippen MR) is 93.5 cm³/mol. The van der Waals surface area contributed by atoms with Crippen molar-refractivity contribution in [3.63, 3.8) is 0 Å². The van der Waals surface area contributed by atoms with Gasteiger partial charge in [-0.3, -0.25) is 4.79 Å². The summed E-state index contributed by atoms with van der Waals surface area (Å²) >= 11 is 0. The van der Waals surface area contributed by atoms with Gasteiger partial charge < -0.3 is 10.1 Å². The standard InChI is InChI=1S/C20H25NO2/c1-2-7-17-11-13-19(14-12-17)23-15-6-10-20(22)21-16-18-8-4-3-5-9-18/h3-5,8-9,11-14H,2,6-7,10,15-16H2,1H3,(H,21,22). The van der Waals surface area contributed by atoms with Crippen LogP contribution in [0.5, 0.6) is 5.75 Å². The first-order valence-electron chi connectivity index (χ1n) is 8.30. The van der Waals surface area contributed by atoms with Gasteiger partial charge in [-0.25, -0.2) is 0 Å². The highest BCUT2D eigenvalue weighted by Gasteiger charge is 2.02. The molecule has 1 amide bonds. The molecule has 0 aliphatic heterocycles. The molecule has 0 saturated carbocycles. The normalized spacial score (nSPS) is 10.3. The molecule has 0 aromatic heterocycles. The Bertz CT molecular complexity index is 578. The van der Waals surface area contributed by atoms with Gasteiger partial charge in [-0.05, 0) is 36.1 Å². The zero-order valence-corrected chi connectivity index (χ0v) is 13.8. The molecule has 2 aromatic carbocycles. The van der Waals surface area contributed by atoms with Crippen molar-refractivity contribution in [1.29, 1.82) is 0 Å². The summed E-state index contributed by atoms with van der Waals surface area (Å²) in [5.41, 5.74) is 2.45. The van der Waals surface area contributed by atoms with Gasteiger partial charge in [0.15, 0.2) is 0 Å². The van der Waals surface area contributed by atoms with Crippen molar-refractivity contribution in [1.82, 2.24) is 5.32 Å². The average molecular weight is 311 g/mol. The molecule has 23 heavy (non-hydrogen) atoms. The smallest absolute Gasteiger partial charge is 0.220 e. The minimum Gasteiger partial charge on any atom is -0.494 e. The number of carbonyl (C=O) groups is 1. The molecule has 2 aromatic rings. The summed E-state index contributed by atoms with van der Waals surface area (Å²) in [6.45, 7) is 3.32. The molecule has 0 aliphatic rings. The van der Waals surface area contributed by atoms with Gasteiger partial charge in [0.25, 0.3) is 0 Å². The molecule has 0 spiro atoms. The molecule has 122 valence electrons. The topological polar surface area (TPSA) is 38.3 Å².